The molecular weight excluding hydrogens is 279 g/mol. The van der Waals surface area contributed by atoms with Gasteiger partial charge in [0, 0.05) is 0 Å². The summed E-state index contributed by atoms with van der Waals surface area (Å²) >= 11 is -5.01. The van der Waals surface area contributed by atoms with Gasteiger partial charge in [0.2, 0.25) is 0 Å². The Balaban J connectivity index is -0.000000180. The Labute approximate surface area is 69.5 Å². The van der Waals surface area contributed by atoms with Gasteiger partial charge in [-0.25, -0.2) is 0 Å². The van der Waals surface area contributed by atoms with Crippen molar-refractivity contribution in [1.29, 1.82) is 0 Å². The Morgan fingerprint density at radius 1 is 0.778 bits per heavy atom. The molecule has 9 heavy (non-hydrogen) atoms. The van der Waals surface area contributed by atoms with Gasteiger partial charge in [-0.05, 0) is 0 Å². The first kappa shape index (κ1) is 16.7. The van der Waals surface area contributed by atoms with E-state index in [2.05, 4.69) is 0 Å². The molecule has 0 fully saturated rings. The molecule has 5 nitrogen and oxygen atoms in total. The molecule has 0 aliphatic rings. The van der Waals surface area contributed by atoms with Crippen molar-refractivity contribution in [2.24, 2.45) is 22.4 Å². The Bertz CT molecular complexity index is 70.8. The molecule has 0 saturated heterocycles. The molecule has 0 unspecified atom stereocenters. The summed E-state index contributed by atoms with van der Waals surface area (Å²) in [7, 11) is 5.10. The summed E-state index contributed by atoms with van der Waals surface area (Å²) in [5.74, 6) is 0. The maximum atomic E-state index is 5.10. The van der Waals surface area contributed by atoms with E-state index in [0.29, 0.717) is 0 Å². The summed E-state index contributed by atoms with van der Waals surface area (Å²) < 4.78 is 24.4. The average Bonchev–Trinajstić information content (AvgIpc) is 0.592. The molecule has 0 bridgehead atoms. The second kappa shape index (κ2) is 2.41. The van der Waals surface area contributed by atoms with Crippen molar-refractivity contribution in [2.45, 2.75) is 0 Å². The summed E-state index contributed by atoms with van der Waals surface area (Å²) in [5, 5.41) is 0. The van der Waals surface area contributed by atoms with Crippen molar-refractivity contribution in [3.8, 4) is 0 Å². The molecule has 0 radical (unpaired) electrons. The summed E-state index contributed by atoms with van der Waals surface area (Å²) in [6.45, 7) is 0. The van der Waals surface area contributed by atoms with E-state index in [1.807, 2.05) is 0 Å². The van der Waals surface area contributed by atoms with Crippen LogP contribution < -0.4 is 22.4 Å². The Morgan fingerprint density at radius 3 is 0.778 bits per heavy atom. The van der Waals surface area contributed by atoms with Crippen LogP contribution in [-0.4, -0.2) is 0 Å². The minimum atomic E-state index is -5.01. The SMILES string of the molecule is Cl.Cl.[NH2][Rh]([NH2])([NH2])([NH2])([NH2])[Cl]. The molecule has 9 heteroatoms. The van der Waals surface area contributed by atoms with E-state index in [-0.39, 0.29) is 24.8 Å². The summed E-state index contributed by atoms with van der Waals surface area (Å²) in [6, 6.07) is 0. The molecular formula is H12Cl3N5Rh. The summed E-state index contributed by atoms with van der Waals surface area (Å²) in [4.78, 5) is 0. The summed E-state index contributed by atoms with van der Waals surface area (Å²) in [6.07, 6.45) is 0. The maximum absolute atomic E-state index is 5.10. The molecule has 0 amide bonds. The number of hydrogen-bond acceptors (Lipinski definition) is 5. The monoisotopic (exact) mass is 290 g/mol. The van der Waals surface area contributed by atoms with Crippen molar-refractivity contribution >= 4 is 34.5 Å². The molecule has 0 aromatic heterocycles. The van der Waals surface area contributed by atoms with Gasteiger partial charge in [-0.15, -0.1) is 24.8 Å². The van der Waals surface area contributed by atoms with Crippen LogP contribution in [0.2, 0.25) is 0 Å². The van der Waals surface area contributed by atoms with Crippen LogP contribution in [0.3, 0.4) is 0 Å². The van der Waals surface area contributed by atoms with Crippen LogP contribution in [0.15, 0.2) is 0 Å². The molecule has 67 valence electrons. The molecule has 0 atom stereocenters. The second-order valence-electron chi connectivity index (χ2n) is 1.47. The molecule has 0 rings (SSSR count). The molecule has 10 N–H and O–H groups in total. The standard InChI is InChI=1S/3ClH.5H2N.Rh/h3*1H;5*1H2;/q;;;5*-1;+6/p-1. The molecule has 0 heterocycles. The number of hydrogen-bond donors (Lipinski definition) is 5. The first-order chi connectivity index (χ1) is 2.45. The molecule has 0 aliphatic carbocycles. The van der Waals surface area contributed by atoms with E-state index in [4.69, 9.17) is 32.1 Å². The average molecular weight is 291 g/mol. The van der Waals surface area contributed by atoms with Gasteiger partial charge in [-0.1, -0.05) is 0 Å². The number of rotatable bonds is 0. The first-order valence-corrected chi connectivity index (χ1v) is 7.93. The molecule has 0 aromatic carbocycles. The Morgan fingerprint density at radius 2 is 0.778 bits per heavy atom. The van der Waals surface area contributed by atoms with Crippen molar-refractivity contribution in [2.75, 3.05) is 0 Å². The quantitative estimate of drug-likeness (QED) is 0.350. The molecule has 0 aromatic rings. The van der Waals surface area contributed by atoms with E-state index < -0.39 is 12.6 Å². The molecule has 0 aliphatic heterocycles. The Hall–Kier alpha value is 1.29. The fraction of sp³-hybridized carbons (Fsp3) is 0. The normalized spacial score (nSPS) is 18.0. The number of nitrogens with two attached hydrogens (primary N) is 5. The topological polar surface area (TPSA) is 130 Å². The van der Waals surface area contributed by atoms with Gasteiger partial charge in [0.25, 0.3) is 0 Å². The summed E-state index contributed by atoms with van der Waals surface area (Å²) in [5.41, 5.74) is 0. The van der Waals surface area contributed by atoms with Crippen LogP contribution in [-0.2, 0) is 12.6 Å². The predicted octanol–water partition coefficient (Wildman–Crippen LogP) is -1.42. The van der Waals surface area contributed by atoms with Gasteiger partial charge in [-0.3, -0.25) is 0 Å². The van der Waals surface area contributed by atoms with E-state index in [1.165, 1.54) is 0 Å². The second-order valence-corrected chi connectivity index (χ2v) is 13.0. The van der Waals surface area contributed by atoms with E-state index >= 15 is 0 Å². The fourth-order valence-electron chi connectivity index (χ4n) is 0. The van der Waals surface area contributed by atoms with Crippen LogP contribution in [0, 0.1) is 0 Å². The van der Waals surface area contributed by atoms with Crippen LogP contribution in [0.25, 0.3) is 0 Å². The molecule has 0 saturated carbocycles. The van der Waals surface area contributed by atoms with E-state index in [0.717, 1.165) is 0 Å². The zero-order valence-corrected chi connectivity index (χ0v) is 8.44. The third kappa shape index (κ3) is 296. The van der Waals surface area contributed by atoms with Crippen molar-refractivity contribution in [1.82, 2.24) is 0 Å². The van der Waals surface area contributed by atoms with Gasteiger partial charge >= 0.3 is 44.7 Å². The van der Waals surface area contributed by atoms with E-state index in [1.54, 1.807) is 0 Å². The third-order valence-corrected chi connectivity index (χ3v) is 0. The van der Waals surface area contributed by atoms with Crippen LogP contribution in [0.4, 0.5) is 0 Å². The minimum absolute atomic E-state index is 0. The van der Waals surface area contributed by atoms with Crippen LogP contribution in [0.5, 0.6) is 0 Å². The van der Waals surface area contributed by atoms with Crippen LogP contribution in [0.1, 0.15) is 0 Å². The predicted molar refractivity (Wildman–Crippen MR) is 41.3 cm³/mol. The zero-order valence-electron chi connectivity index (χ0n) is 4.41. The van der Waals surface area contributed by atoms with Gasteiger partial charge in [0.05, 0.1) is 0 Å². The van der Waals surface area contributed by atoms with Gasteiger partial charge in [0.15, 0.2) is 0 Å². The zero-order chi connectivity index (χ0) is 6.41. The first-order valence-electron chi connectivity index (χ1n) is 1.09. The van der Waals surface area contributed by atoms with Crippen molar-refractivity contribution in [3.05, 3.63) is 0 Å². The van der Waals surface area contributed by atoms with Crippen molar-refractivity contribution in [3.63, 3.8) is 0 Å². The van der Waals surface area contributed by atoms with Gasteiger partial charge < -0.3 is 0 Å². The van der Waals surface area contributed by atoms with E-state index in [9.17, 15) is 0 Å². The van der Waals surface area contributed by atoms with Gasteiger partial charge in [-0.2, -0.15) is 0 Å². The fourth-order valence-corrected chi connectivity index (χ4v) is 0. The molecule has 0 spiro atoms. The Kier molecular flexibility index (Phi) is 4.47. The number of halogens is 3. The van der Waals surface area contributed by atoms with Crippen LogP contribution >= 0.6 is 34.5 Å². The van der Waals surface area contributed by atoms with Crippen molar-refractivity contribution < 1.29 is 12.6 Å². The third-order valence-electron chi connectivity index (χ3n) is 0. The van der Waals surface area contributed by atoms with Gasteiger partial charge in [0.1, 0.15) is 0 Å².